The van der Waals surface area contributed by atoms with Crippen molar-refractivity contribution in [1.82, 2.24) is 0 Å². The van der Waals surface area contributed by atoms with Gasteiger partial charge >= 0.3 is 5.97 Å². The zero-order chi connectivity index (χ0) is 16.7. The van der Waals surface area contributed by atoms with Crippen LogP contribution in [0.15, 0.2) is 24.3 Å². The molecule has 0 radical (unpaired) electrons. The molecule has 0 bridgehead atoms. The highest BCUT2D eigenvalue weighted by atomic mass is 16.6. The predicted octanol–water partition coefficient (Wildman–Crippen LogP) is 0.481. The number of cyclic esters (lactones) is 1. The van der Waals surface area contributed by atoms with E-state index < -0.39 is 24.2 Å². The van der Waals surface area contributed by atoms with Gasteiger partial charge in [0.1, 0.15) is 24.9 Å². The Kier molecular flexibility index (Phi) is 7.75. The van der Waals surface area contributed by atoms with Gasteiger partial charge in [-0.1, -0.05) is 24.3 Å². The molecule has 0 aromatic rings. The number of hydrogen-bond donors (Lipinski definition) is 1. The van der Waals surface area contributed by atoms with Crippen molar-refractivity contribution in [3.63, 3.8) is 0 Å². The predicted molar refractivity (Wildman–Crippen MR) is 82.2 cm³/mol. The molecule has 126 valence electrons. The fraction of sp³-hybridized carbons (Fsp3) is 0.688. The summed E-state index contributed by atoms with van der Waals surface area (Å²) < 4.78 is 22.6. The maximum atomic E-state index is 11.9. The summed E-state index contributed by atoms with van der Waals surface area (Å²) in [5, 5.41) is 0. The van der Waals surface area contributed by atoms with Crippen LogP contribution < -0.4 is 5.73 Å². The Morgan fingerprint density at radius 1 is 1.23 bits per heavy atom. The molecular weight excluding hydrogens is 286 g/mol. The maximum absolute atomic E-state index is 11.9. The molecule has 4 atom stereocenters. The van der Waals surface area contributed by atoms with E-state index in [1.165, 1.54) is 0 Å². The van der Waals surface area contributed by atoms with Crippen molar-refractivity contribution < 1.29 is 29.5 Å². The maximum Gasteiger partial charge on any atom is 0.367 e. The van der Waals surface area contributed by atoms with Gasteiger partial charge in [-0.25, -0.2) is 4.79 Å². The first-order chi connectivity index (χ1) is 10.3. The average Bonchev–Trinajstić information content (AvgIpc) is 2.46. The van der Waals surface area contributed by atoms with E-state index in [1.54, 1.807) is 6.92 Å². The summed E-state index contributed by atoms with van der Waals surface area (Å²) in [5.74, 6) is -0.392. The summed E-state index contributed by atoms with van der Waals surface area (Å²) in [4.78, 5) is 11.9. The normalized spacial score (nSPS) is 29.9. The molecule has 1 rings (SSSR count). The van der Waals surface area contributed by atoms with Crippen LogP contribution in [0.4, 0.5) is 0 Å². The van der Waals surface area contributed by atoms with Gasteiger partial charge in [-0.3, -0.25) is 0 Å². The van der Waals surface area contributed by atoms with Crippen LogP contribution in [0.2, 0.25) is 0 Å². The van der Waals surface area contributed by atoms with Crippen LogP contribution in [0.3, 0.4) is 0 Å². The molecule has 6 nitrogen and oxygen atoms in total. The number of carbonyl (C=O) groups is 1. The van der Waals surface area contributed by atoms with E-state index in [4.69, 9.17) is 18.9 Å². The molecule has 1 fully saturated rings. The van der Waals surface area contributed by atoms with Gasteiger partial charge in [0.15, 0.2) is 0 Å². The van der Waals surface area contributed by atoms with Crippen LogP contribution in [0, 0.1) is 0 Å². The smallest absolute Gasteiger partial charge is 0.367 e. The second-order valence-electron chi connectivity index (χ2n) is 5.92. The van der Waals surface area contributed by atoms with Crippen molar-refractivity contribution in [3.8, 4) is 0 Å². The molecule has 0 spiro atoms. The van der Waals surface area contributed by atoms with Crippen molar-refractivity contribution in [1.29, 1.82) is 0 Å². The van der Waals surface area contributed by atoms with Gasteiger partial charge in [0.05, 0.1) is 19.8 Å². The zero-order valence-corrected chi connectivity index (χ0v) is 13.8. The molecule has 0 aliphatic carbocycles. The van der Waals surface area contributed by atoms with Gasteiger partial charge in [0.2, 0.25) is 6.04 Å². The lowest BCUT2D eigenvalue weighted by atomic mass is 10.1. The Morgan fingerprint density at radius 3 is 2.41 bits per heavy atom. The summed E-state index contributed by atoms with van der Waals surface area (Å²) in [7, 11) is 0. The number of rotatable bonds is 6. The summed E-state index contributed by atoms with van der Waals surface area (Å²) in [5.41, 5.74) is 5.53. The van der Waals surface area contributed by atoms with Crippen LogP contribution in [0.25, 0.3) is 0 Å². The minimum atomic E-state index is -0.552. The Bertz CT molecular complexity index is 409. The number of quaternary nitrogens is 1. The van der Waals surface area contributed by atoms with E-state index in [0.29, 0.717) is 19.8 Å². The van der Waals surface area contributed by atoms with Crippen LogP contribution >= 0.6 is 0 Å². The number of hydrogen-bond acceptors (Lipinski definition) is 5. The third-order valence-corrected chi connectivity index (χ3v) is 3.13. The standard InChI is InChI=1S/C16H27NO5/c1-10(2)6-20-14-9-19-8-13(17)16(18)22-12(5)15(14)21-7-11(3)4/h12-15H,1,3,6-9,17H2,2,4-5H3/p+1/t12-,13+,14-,15-/m0/s1. The molecular formula is C16H28NO5+. The fourth-order valence-corrected chi connectivity index (χ4v) is 2.01. The lowest BCUT2D eigenvalue weighted by Crippen LogP contribution is -2.67. The minimum absolute atomic E-state index is 0.200. The van der Waals surface area contributed by atoms with E-state index in [2.05, 4.69) is 18.9 Å². The molecule has 1 aliphatic heterocycles. The summed E-state index contributed by atoms with van der Waals surface area (Å²) in [6.45, 7) is 14.5. The molecule has 0 saturated carbocycles. The third kappa shape index (κ3) is 6.27. The second-order valence-corrected chi connectivity index (χ2v) is 5.92. The van der Waals surface area contributed by atoms with Crippen molar-refractivity contribution in [2.24, 2.45) is 0 Å². The Hall–Kier alpha value is -1.21. The van der Waals surface area contributed by atoms with E-state index in [-0.39, 0.29) is 12.7 Å². The van der Waals surface area contributed by atoms with Crippen molar-refractivity contribution in [2.75, 3.05) is 26.4 Å². The van der Waals surface area contributed by atoms with Crippen molar-refractivity contribution in [3.05, 3.63) is 24.3 Å². The van der Waals surface area contributed by atoms with Gasteiger partial charge in [-0.15, -0.1) is 0 Å². The highest BCUT2D eigenvalue weighted by molar-refractivity contribution is 5.74. The SMILES string of the molecule is C=C(C)CO[C@H]1[C@H](C)OC(=O)[C@H]([NH3+])COC[C@@H]1OCC(=C)C. The van der Waals surface area contributed by atoms with Gasteiger partial charge in [0.25, 0.3) is 0 Å². The molecule has 22 heavy (non-hydrogen) atoms. The van der Waals surface area contributed by atoms with Crippen LogP contribution in [0.1, 0.15) is 20.8 Å². The molecule has 1 aliphatic rings. The topological polar surface area (TPSA) is 81.6 Å². The first-order valence-electron chi connectivity index (χ1n) is 7.44. The molecule has 1 heterocycles. The highest BCUT2D eigenvalue weighted by Gasteiger charge is 2.35. The van der Waals surface area contributed by atoms with Gasteiger partial charge in [-0.05, 0) is 20.8 Å². The van der Waals surface area contributed by atoms with E-state index in [1.807, 2.05) is 13.8 Å². The Morgan fingerprint density at radius 2 is 1.82 bits per heavy atom. The number of esters is 1. The number of ether oxygens (including phenoxy) is 4. The number of carbonyl (C=O) groups excluding carboxylic acids is 1. The van der Waals surface area contributed by atoms with Gasteiger partial charge in [-0.2, -0.15) is 0 Å². The molecule has 1 saturated heterocycles. The third-order valence-electron chi connectivity index (χ3n) is 3.13. The van der Waals surface area contributed by atoms with E-state index in [9.17, 15) is 4.79 Å². The van der Waals surface area contributed by atoms with Crippen molar-refractivity contribution >= 4 is 5.97 Å². The fourth-order valence-electron chi connectivity index (χ4n) is 2.01. The Labute approximate surface area is 132 Å². The van der Waals surface area contributed by atoms with Crippen molar-refractivity contribution in [2.45, 2.75) is 45.1 Å². The Balaban J connectivity index is 2.85. The first-order valence-corrected chi connectivity index (χ1v) is 7.44. The van der Waals surface area contributed by atoms with Gasteiger partial charge < -0.3 is 24.7 Å². The molecule has 0 amide bonds. The second kappa shape index (κ2) is 9.05. The molecule has 0 unspecified atom stereocenters. The largest absolute Gasteiger partial charge is 0.455 e. The van der Waals surface area contributed by atoms with Crippen LogP contribution in [-0.2, 0) is 23.7 Å². The van der Waals surface area contributed by atoms with Crippen LogP contribution in [-0.4, -0.2) is 56.8 Å². The molecule has 6 heteroatoms. The molecule has 3 N–H and O–H groups in total. The zero-order valence-electron chi connectivity index (χ0n) is 13.8. The van der Waals surface area contributed by atoms with E-state index in [0.717, 1.165) is 11.1 Å². The average molecular weight is 314 g/mol. The lowest BCUT2D eigenvalue weighted by molar-refractivity contribution is -0.415. The van der Waals surface area contributed by atoms with Crippen LogP contribution in [0.5, 0.6) is 0 Å². The summed E-state index contributed by atoms with van der Waals surface area (Å²) in [6.07, 6.45) is -1.26. The quantitative estimate of drug-likeness (QED) is 0.570. The minimum Gasteiger partial charge on any atom is -0.455 e. The molecule has 0 aromatic carbocycles. The molecule has 0 aromatic heterocycles. The van der Waals surface area contributed by atoms with E-state index >= 15 is 0 Å². The summed E-state index contributed by atoms with van der Waals surface area (Å²) >= 11 is 0. The lowest BCUT2D eigenvalue weighted by Gasteiger charge is -2.30. The summed E-state index contributed by atoms with van der Waals surface area (Å²) in [6, 6.07) is -0.552. The first kappa shape index (κ1) is 18.8. The monoisotopic (exact) mass is 314 g/mol. The van der Waals surface area contributed by atoms with Gasteiger partial charge in [0, 0.05) is 0 Å². The highest BCUT2D eigenvalue weighted by Crippen LogP contribution is 2.17.